The van der Waals surface area contributed by atoms with E-state index in [2.05, 4.69) is 5.32 Å². The van der Waals surface area contributed by atoms with Crippen LogP contribution in [0.4, 0.5) is 5.69 Å². The number of hydrogen-bond donors (Lipinski definition) is 1. The molecule has 0 aliphatic heterocycles. The second kappa shape index (κ2) is 11.9. The third-order valence-corrected chi connectivity index (χ3v) is 8.67. The number of aromatic nitrogens is 2. The van der Waals surface area contributed by atoms with Crippen molar-refractivity contribution in [2.45, 2.75) is 29.1 Å². The summed E-state index contributed by atoms with van der Waals surface area (Å²) in [5.41, 5.74) is 3.18. The Morgan fingerprint density at radius 1 is 0.900 bits per heavy atom. The molecule has 0 radical (unpaired) electrons. The first-order valence-electron chi connectivity index (χ1n) is 12.9. The number of halogens is 1. The molecule has 9 heteroatoms. The average Bonchev–Trinajstić information content (AvgIpc) is 3.37. The lowest BCUT2D eigenvalue weighted by molar-refractivity contribution is -0.140. The molecule has 0 aliphatic carbocycles. The number of hydrogen-bond acceptors (Lipinski definition) is 6. The van der Waals surface area contributed by atoms with Crippen molar-refractivity contribution in [3.05, 3.63) is 102 Å². The van der Waals surface area contributed by atoms with Gasteiger partial charge >= 0.3 is 5.97 Å². The Labute approximate surface area is 238 Å². The Kier molecular flexibility index (Phi) is 8.19. The van der Waals surface area contributed by atoms with Gasteiger partial charge in [0.05, 0.1) is 23.2 Å². The van der Waals surface area contributed by atoms with Crippen molar-refractivity contribution in [2.24, 2.45) is 0 Å². The Morgan fingerprint density at radius 3 is 2.25 bits per heavy atom. The summed E-state index contributed by atoms with van der Waals surface area (Å²) in [6.45, 7) is 0.469. The SMILES string of the molecule is COC(=O)CCCCNc1ccc2c(nc(-c3ccccc3)n2-c2ccccc2)c1S(=O)(=O)c1ccc(Cl)cc1. The number of imidazole rings is 1. The molecule has 1 heterocycles. The molecule has 0 amide bonds. The van der Waals surface area contributed by atoms with Crippen molar-refractivity contribution < 1.29 is 17.9 Å². The van der Waals surface area contributed by atoms with Crippen molar-refractivity contribution in [2.75, 3.05) is 19.0 Å². The summed E-state index contributed by atoms with van der Waals surface area (Å²) < 4.78 is 35.1. The summed E-state index contributed by atoms with van der Waals surface area (Å²) in [6.07, 6.45) is 1.57. The van der Waals surface area contributed by atoms with Gasteiger partial charge in [-0.05, 0) is 61.4 Å². The first-order valence-corrected chi connectivity index (χ1v) is 14.7. The summed E-state index contributed by atoms with van der Waals surface area (Å²) in [7, 11) is -2.65. The summed E-state index contributed by atoms with van der Waals surface area (Å²) in [5.74, 6) is 0.358. The topological polar surface area (TPSA) is 90.3 Å². The molecule has 40 heavy (non-hydrogen) atoms. The lowest BCUT2D eigenvalue weighted by Gasteiger charge is -2.14. The average molecular weight is 574 g/mol. The zero-order chi connectivity index (χ0) is 28.1. The molecule has 5 rings (SSSR count). The molecule has 0 fully saturated rings. The van der Waals surface area contributed by atoms with Crippen LogP contribution >= 0.6 is 11.6 Å². The first-order chi connectivity index (χ1) is 19.4. The Hall–Kier alpha value is -4.14. The zero-order valence-electron chi connectivity index (χ0n) is 21.9. The Morgan fingerprint density at radius 2 is 1.57 bits per heavy atom. The number of esters is 1. The molecule has 0 unspecified atom stereocenters. The highest BCUT2D eigenvalue weighted by Crippen LogP contribution is 2.38. The van der Waals surface area contributed by atoms with Gasteiger partial charge < -0.3 is 10.1 Å². The number of para-hydroxylation sites is 1. The molecule has 204 valence electrons. The maximum absolute atomic E-state index is 14.2. The van der Waals surface area contributed by atoms with Crippen molar-refractivity contribution in [1.82, 2.24) is 9.55 Å². The van der Waals surface area contributed by atoms with Gasteiger partial charge in [0, 0.05) is 29.2 Å². The standard InChI is InChI=1S/C31H28ClN3O4S/c1-39-28(36)14-8-9-21-33-26-19-20-27-29(30(26)40(37,38)25-17-15-23(32)16-18-25)34-31(22-10-4-2-5-11-22)35(27)24-12-6-3-7-13-24/h2-7,10-13,15-20,33H,8-9,14,21H2,1H3. The Balaban J connectivity index is 1.69. The smallest absolute Gasteiger partial charge is 0.305 e. The van der Waals surface area contributed by atoms with Crippen molar-refractivity contribution >= 4 is 44.1 Å². The zero-order valence-corrected chi connectivity index (χ0v) is 23.5. The van der Waals surface area contributed by atoms with Crippen LogP contribution in [0.15, 0.2) is 107 Å². The van der Waals surface area contributed by atoms with Crippen molar-refractivity contribution in [3.8, 4) is 17.1 Å². The molecule has 4 aromatic carbocycles. The number of anilines is 1. The molecule has 1 N–H and O–H groups in total. The van der Waals surface area contributed by atoms with E-state index in [1.54, 1.807) is 18.2 Å². The number of nitrogens with one attached hydrogen (secondary N) is 1. The lowest BCUT2D eigenvalue weighted by atomic mass is 10.2. The minimum Gasteiger partial charge on any atom is -0.469 e. The monoisotopic (exact) mass is 573 g/mol. The van der Waals surface area contributed by atoms with Crippen LogP contribution in [0.1, 0.15) is 19.3 Å². The minimum atomic E-state index is -4.01. The molecule has 1 aromatic heterocycles. The predicted molar refractivity (Wildman–Crippen MR) is 158 cm³/mol. The molecule has 0 atom stereocenters. The van der Waals surface area contributed by atoms with E-state index in [-0.39, 0.29) is 15.8 Å². The van der Waals surface area contributed by atoms with E-state index in [0.717, 1.165) is 11.3 Å². The lowest BCUT2D eigenvalue weighted by Crippen LogP contribution is -2.10. The molecule has 0 saturated heterocycles. The molecule has 0 saturated carbocycles. The number of nitrogens with zero attached hydrogens (tertiary/aromatic N) is 2. The van der Waals surface area contributed by atoms with Gasteiger partial charge in [-0.25, -0.2) is 13.4 Å². The van der Waals surface area contributed by atoms with Gasteiger partial charge in [0.1, 0.15) is 16.2 Å². The van der Waals surface area contributed by atoms with E-state index in [1.807, 2.05) is 71.3 Å². The number of sulfone groups is 1. The normalized spacial score (nSPS) is 11.4. The fraction of sp³-hybridized carbons (Fsp3) is 0.161. The summed E-state index contributed by atoms with van der Waals surface area (Å²) in [4.78, 5) is 16.7. The highest BCUT2D eigenvalue weighted by Gasteiger charge is 2.28. The van der Waals surface area contributed by atoms with Crippen LogP contribution in [0.25, 0.3) is 28.1 Å². The second-order valence-corrected chi connectivity index (χ2v) is 11.5. The fourth-order valence-corrected chi connectivity index (χ4v) is 6.29. The number of fused-ring (bicyclic) bond motifs is 1. The largest absolute Gasteiger partial charge is 0.469 e. The van der Waals surface area contributed by atoms with E-state index in [1.165, 1.54) is 19.2 Å². The van der Waals surface area contributed by atoms with Gasteiger partial charge in [0.2, 0.25) is 9.84 Å². The van der Waals surface area contributed by atoms with Gasteiger partial charge in [-0.3, -0.25) is 9.36 Å². The van der Waals surface area contributed by atoms with Gasteiger partial charge in [-0.15, -0.1) is 0 Å². The number of unbranched alkanes of at least 4 members (excludes halogenated alkanes) is 1. The van der Waals surface area contributed by atoms with E-state index in [0.29, 0.717) is 53.4 Å². The predicted octanol–water partition coefficient (Wildman–Crippen LogP) is 6.93. The van der Waals surface area contributed by atoms with E-state index in [4.69, 9.17) is 21.3 Å². The summed E-state index contributed by atoms with van der Waals surface area (Å²) in [6, 6.07) is 29.2. The van der Waals surface area contributed by atoms with E-state index in [9.17, 15) is 13.2 Å². The van der Waals surface area contributed by atoms with Crippen LogP contribution < -0.4 is 5.32 Å². The van der Waals surface area contributed by atoms with Crippen molar-refractivity contribution in [1.29, 1.82) is 0 Å². The van der Waals surface area contributed by atoms with Crippen LogP contribution in [0.5, 0.6) is 0 Å². The van der Waals surface area contributed by atoms with Gasteiger partial charge in [0.15, 0.2) is 0 Å². The van der Waals surface area contributed by atoms with Crippen LogP contribution in [0, 0.1) is 0 Å². The Bertz CT molecular complexity index is 1740. The highest BCUT2D eigenvalue weighted by molar-refractivity contribution is 7.92. The molecular weight excluding hydrogens is 546 g/mol. The number of methoxy groups -OCH3 is 1. The number of ether oxygens (including phenoxy) is 1. The maximum atomic E-state index is 14.2. The van der Waals surface area contributed by atoms with Crippen LogP contribution in [-0.4, -0.2) is 37.6 Å². The highest BCUT2D eigenvalue weighted by atomic mass is 35.5. The number of carbonyl (C=O) groups is 1. The van der Waals surface area contributed by atoms with Crippen LogP contribution in [-0.2, 0) is 19.4 Å². The molecule has 0 bridgehead atoms. The number of carbonyl (C=O) groups excluding carboxylic acids is 1. The molecular formula is C31H28ClN3O4S. The second-order valence-electron chi connectivity index (χ2n) is 9.20. The third kappa shape index (κ3) is 5.59. The molecule has 0 aliphatic rings. The third-order valence-electron chi connectivity index (χ3n) is 6.57. The number of rotatable bonds is 10. The molecule has 0 spiro atoms. The fourth-order valence-electron chi connectivity index (χ4n) is 4.60. The maximum Gasteiger partial charge on any atom is 0.305 e. The van der Waals surface area contributed by atoms with Crippen molar-refractivity contribution in [3.63, 3.8) is 0 Å². The van der Waals surface area contributed by atoms with Crippen LogP contribution in [0.2, 0.25) is 5.02 Å². The van der Waals surface area contributed by atoms with Gasteiger partial charge in [-0.2, -0.15) is 0 Å². The van der Waals surface area contributed by atoms with Gasteiger partial charge in [-0.1, -0.05) is 60.1 Å². The quantitative estimate of drug-likeness (QED) is 0.144. The van der Waals surface area contributed by atoms with E-state index < -0.39 is 9.84 Å². The van der Waals surface area contributed by atoms with Crippen LogP contribution in [0.3, 0.4) is 0 Å². The molecule has 7 nitrogen and oxygen atoms in total. The first kappa shape index (κ1) is 27.4. The van der Waals surface area contributed by atoms with E-state index >= 15 is 0 Å². The molecule has 5 aromatic rings. The summed E-state index contributed by atoms with van der Waals surface area (Å²) in [5, 5.41) is 3.73. The number of benzene rings is 4. The summed E-state index contributed by atoms with van der Waals surface area (Å²) >= 11 is 6.07. The minimum absolute atomic E-state index is 0.0900. The van der Waals surface area contributed by atoms with Gasteiger partial charge in [0.25, 0.3) is 0 Å².